The Balaban J connectivity index is 2.36. The van der Waals surface area contributed by atoms with E-state index in [-0.39, 0.29) is 6.04 Å². The van der Waals surface area contributed by atoms with Crippen molar-refractivity contribution < 1.29 is 0 Å². The molecule has 1 atom stereocenters. The molecule has 0 saturated carbocycles. The minimum Gasteiger partial charge on any atom is -0.270 e. The molecule has 0 aliphatic rings. The molecule has 0 radical (unpaired) electrons. The monoisotopic (exact) mass is 194 g/mol. The standard InChI is InChI=1S/C6H10N8/c1-14-5(3-9-13-14)6(10-7)4-2-8-12-11-4/h2-3,6,10H,7H2,1H3,(H,8,11,12). The van der Waals surface area contributed by atoms with Gasteiger partial charge in [0.05, 0.1) is 18.1 Å². The van der Waals surface area contributed by atoms with Gasteiger partial charge in [0.25, 0.3) is 0 Å². The van der Waals surface area contributed by atoms with Gasteiger partial charge in [0.15, 0.2) is 0 Å². The Hall–Kier alpha value is -1.80. The number of nitrogens with two attached hydrogens (primary N) is 1. The van der Waals surface area contributed by atoms with Crippen molar-refractivity contribution in [1.82, 2.24) is 35.8 Å². The topological polar surface area (TPSA) is 110 Å². The van der Waals surface area contributed by atoms with Gasteiger partial charge in [0.1, 0.15) is 11.7 Å². The number of aromatic amines is 1. The fourth-order valence-corrected chi connectivity index (χ4v) is 1.23. The van der Waals surface area contributed by atoms with Gasteiger partial charge in [-0.2, -0.15) is 15.4 Å². The molecular weight excluding hydrogens is 184 g/mol. The Morgan fingerprint density at radius 3 is 2.93 bits per heavy atom. The Labute approximate surface area is 79.5 Å². The minimum atomic E-state index is -0.256. The Morgan fingerprint density at radius 1 is 1.57 bits per heavy atom. The van der Waals surface area contributed by atoms with Gasteiger partial charge in [-0.1, -0.05) is 5.21 Å². The van der Waals surface area contributed by atoms with Crippen molar-refractivity contribution in [2.75, 3.05) is 0 Å². The summed E-state index contributed by atoms with van der Waals surface area (Å²) in [6.07, 6.45) is 3.22. The van der Waals surface area contributed by atoms with Gasteiger partial charge < -0.3 is 0 Å². The highest BCUT2D eigenvalue weighted by Gasteiger charge is 2.18. The summed E-state index contributed by atoms with van der Waals surface area (Å²) < 4.78 is 1.62. The third kappa shape index (κ3) is 1.36. The molecule has 2 aromatic rings. The maximum Gasteiger partial charge on any atom is 0.110 e. The number of aryl methyl sites for hydroxylation is 1. The number of aromatic nitrogens is 6. The zero-order valence-electron chi connectivity index (χ0n) is 7.55. The van der Waals surface area contributed by atoms with Crippen LogP contribution in [0.3, 0.4) is 0 Å². The predicted octanol–water partition coefficient (Wildman–Crippen LogP) is -1.51. The smallest absolute Gasteiger partial charge is 0.110 e. The molecule has 0 amide bonds. The van der Waals surface area contributed by atoms with Gasteiger partial charge >= 0.3 is 0 Å². The van der Waals surface area contributed by atoms with Crippen molar-refractivity contribution in [1.29, 1.82) is 0 Å². The third-order valence-corrected chi connectivity index (χ3v) is 1.94. The van der Waals surface area contributed by atoms with Crippen LogP contribution in [-0.4, -0.2) is 30.4 Å². The van der Waals surface area contributed by atoms with Crippen LogP contribution >= 0.6 is 0 Å². The zero-order valence-corrected chi connectivity index (χ0v) is 7.55. The van der Waals surface area contributed by atoms with Crippen LogP contribution in [0.1, 0.15) is 17.4 Å². The van der Waals surface area contributed by atoms with E-state index >= 15 is 0 Å². The molecule has 0 bridgehead atoms. The van der Waals surface area contributed by atoms with Crippen LogP contribution in [0.25, 0.3) is 0 Å². The van der Waals surface area contributed by atoms with Crippen LogP contribution in [0.4, 0.5) is 0 Å². The summed E-state index contributed by atoms with van der Waals surface area (Å²) in [7, 11) is 1.78. The lowest BCUT2D eigenvalue weighted by Crippen LogP contribution is -2.30. The van der Waals surface area contributed by atoms with Crippen LogP contribution in [-0.2, 0) is 7.05 Å². The van der Waals surface area contributed by atoms with E-state index in [0.29, 0.717) is 5.69 Å². The molecule has 4 N–H and O–H groups in total. The van der Waals surface area contributed by atoms with Gasteiger partial charge in [0.2, 0.25) is 0 Å². The van der Waals surface area contributed by atoms with Crippen LogP contribution in [0.5, 0.6) is 0 Å². The quantitative estimate of drug-likeness (QED) is 0.404. The van der Waals surface area contributed by atoms with Gasteiger partial charge in [-0.05, 0) is 0 Å². The number of hydrazine groups is 1. The molecule has 74 valence electrons. The predicted molar refractivity (Wildman–Crippen MR) is 46.6 cm³/mol. The summed E-state index contributed by atoms with van der Waals surface area (Å²) in [5.74, 6) is 5.42. The molecule has 8 heteroatoms. The molecular formula is C6H10N8. The molecule has 0 spiro atoms. The van der Waals surface area contributed by atoms with Gasteiger partial charge in [-0.25, -0.2) is 5.43 Å². The van der Waals surface area contributed by atoms with Crippen LogP contribution in [0.2, 0.25) is 0 Å². The minimum absolute atomic E-state index is 0.256. The van der Waals surface area contributed by atoms with Crippen molar-refractivity contribution in [2.24, 2.45) is 12.9 Å². The fraction of sp³-hybridized carbons (Fsp3) is 0.333. The lowest BCUT2D eigenvalue weighted by atomic mass is 10.2. The van der Waals surface area contributed by atoms with E-state index in [2.05, 4.69) is 31.1 Å². The first-order valence-electron chi connectivity index (χ1n) is 3.99. The molecule has 1 unspecified atom stereocenters. The number of nitrogens with one attached hydrogen (secondary N) is 2. The zero-order chi connectivity index (χ0) is 9.97. The average Bonchev–Trinajstić information content (AvgIpc) is 2.80. The average molecular weight is 194 g/mol. The van der Waals surface area contributed by atoms with Crippen molar-refractivity contribution in [2.45, 2.75) is 6.04 Å². The third-order valence-electron chi connectivity index (χ3n) is 1.94. The highest BCUT2D eigenvalue weighted by atomic mass is 15.4. The molecule has 0 aliphatic heterocycles. The highest BCUT2D eigenvalue weighted by molar-refractivity contribution is 5.15. The second-order valence-electron chi connectivity index (χ2n) is 2.78. The molecule has 0 aliphatic carbocycles. The maximum atomic E-state index is 5.42. The Morgan fingerprint density at radius 2 is 2.43 bits per heavy atom. The Kier molecular flexibility index (Phi) is 2.21. The van der Waals surface area contributed by atoms with Gasteiger partial charge in [0, 0.05) is 7.05 Å². The first kappa shape index (κ1) is 8.78. The molecule has 14 heavy (non-hydrogen) atoms. The van der Waals surface area contributed by atoms with Crippen LogP contribution < -0.4 is 11.3 Å². The number of hydrogen-bond acceptors (Lipinski definition) is 6. The van der Waals surface area contributed by atoms with Crippen molar-refractivity contribution in [3.05, 3.63) is 23.8 Å². The Bertz CT molecular complexity index is 390. The first-order valence-corrected chi connectivity index (χ1v) is 3.99. The van der Waals surface area contributed by atoms with Crippen LogP contribution in [0.15, 0.2) is 12.4 Å². The molecule has 8 nitrogen and oxygen atoms in total. The maximum absolute atomic E-state index is 5.42. The largest absolute Gasteiger partial charge is 0.270 e. The highest BCUT2D eigenvalue weighted by Crippen LogP contribution is 2.15. The number of H-pyrrole nitrogens is 1. The van der Waals surface area contributed by atoms with Crippen molar-refractivity contribution in [3.8, 4) is 0 Å². The molecule has 2 rings (SSSR count). The number of nitrogens with zero attached hydrogens (tertiary/aromatic N) is 5. The van der Waals surface area contributed by atoms with E-state index in [0.717, 1.165) is 5.69 Å². The van der Waals surface area contributed by atoms with Gasteiger partial charge in [-0.15, -0.1) is 5.10 Å². The second kappa shape index (κ2) is 3.52. The van der Waals surface area contributed by atoms with Crippen LogP contribution in [0, 0.1) is 0 Å². The molecule has 2 heterocycles. The van der Waals surface area contributed by atoms with E-state index in [1.54, 1.807) is 24.1 Å². The SMILES string of the molecule is Cn1nncc1C(NN)c1cn[nH]n1. The van der Waals surface area contributed by atoms with E-state index in [4.69, 9.17) is 5.84 Å². The van der Waals surface area contributed by atoms with E-state index < -0.39 is 0 Å². The summed E-state index contributed by atoms with van der Waals surface area (Å²) in [5, 5.41) is 17.7. The second-order valence-corrected chi connectivity index (χ2v) is 2.78. The summed E-state index contributed by atoms with van der Waals surface area (Å²) in [6.45, 7) is 0. The molecule has 2 aromatic heterocycles. The van der Waals surface area contributed by atoms with Gasteiger partial charge in [-0.3, -0.25) is 10.5 Å². The fourth-order valence-electron chi connectivity index (χ4n) is 1.23. The number of hydrogen-bond donors (Lipinski definition) is 3. The molecule has 0 aromatic carbocycles. The first-order chi connectivity index (χ1) is 6.83. The number of rotatable bonds is 3. The van der Waals surface area contributed by atoms with Crippen molar-refractivity contribution >= 4 is 0 Å². The molecule has 0 fully saturated rings. The summed E-state index contributed by atoms with van der Waals surface area (Å²) >= 11 is 0. The normalized spacial score (nSPS) is 13.0. The lowest BCUT2D eigenvalue weighted by Gasteiger charge is -2.11. The summed E-state index contributed by atoms with van der Waals surface area (Å²) in [6, 6.07) is -0.256. The summed E-state index contributed by atoms with van der Waals surface area (Å²) in [5.41, 5.74) is 4.14. The lowest BCUT2D eigenvalue weighted by molar-refractivity contribution is 0.559. The van der Waals surface area contributed by atoms with E-state index in [1.165, 1.54) is 0 Å². The summed E-state index contributed by atoms with van der Waals surface area (Å²) in [4.78, 5) is 0. The van der Waals surface area contributed by atoms with E-state index in [1.807, 2.05) is 0 Å². The van der Waals surface area contributed by atoms with Crippen molar-refractivity contribution in [3.63, 3.8) is 0 Å². The van der Waals surface area contributed by atoms with E-state index in [9.17, 15) is 0 Å². The molecule has 0 saturated heterocycles.